The molecule has 1 amide bonds. The maximum atomic E-state index is 11.6. The summed E-state index contributed by atoms with van der Waals surface area (Å²) in [6.45, 7) is 0.314. The Morgan fingerprint density at radius 3 is 3.00 bits per heavy atom. The molecule has 0 saturated heterocycles. The molecule has 6 nitrogen and oxygen atoms in total. The number of fused-ring (bicyclic) bond motifs is 1. The lowest BCUT2D eigenvalue weighted by atomic mass is 10.3. The molecule has 0 unspecified atom stereocenters. The second-order valence-corrected chi connectivity index (χ2v) is 3.76. The summed E-state index contributed by atoms with van der Waals surface area (Å²) in [7, 11) is 0. The number of aromatic nitrogens is 3. The number of H-pyrrole nitrogens is 1. The lowest BCUT2D eigenvalue weighted by molar-refractivity contribution is 0.0913. The second kappa shape index (κ2) is 4.33. The van der Waals surface area contributed by atoms with Crippen LogP contribution in [0.15, 0.2) is 41.1 Å². The molecule has 0 aliphatic heterocycles. The number of hydrogen-bond donors (Lipinski definition) is 2. The lowest BCUT2D eigenvalue weighted by Gasteiger charge is -1.98. The summed E-state index contributed by atoms with van der Waals surface area (Å²) in [5.74, 6) is 0.572. The third-order valence-corrected chi connectivity index (χ3v) is 2.52. The highest BCUT2D eigenvalue weighted by Gasteiger charge is 2.10. The number of carbonyl (C=O) groups is 1. The van der Waals surface area contributed by atoms with E-state index in [9.17, 15) is 4.79 Å². The lowest BCUT2D eigenvalue weighted by Crippen LogP contribution is -2.22. The molecular formula is C12H10N4O2. The van der Waals surface area contributed by atoms with Crippen molar-refractivity contribution in [3.05, 3.63) is 48.1 Å². The standard InChI is InChI=1S/C12H10N4O2/c17-12(10-5-6-14-18-10)13-7-11-15-8-3-1-2-4-9(8)16-11/h1-6H,7H2,(H,13,17)(H,15,16). The average Bonchev–Trinajstić information content (AvgIpc) is 3.04. The molecular weight excluding hydrogens is 232 g/mol. The van der Waals surface area contributed by atoms with E-state index in [1.807, 2.05) is 24.3 Å². The van der Waals surface area contributed by atoms with Gasteiger partial charge in [0.05, 0.1) is 23.8 Å². The van der Waals surface area contributed by atoms with E-state index in [2.05, 4.69) is 20.4 Å². The van der Waals surface area contributed by atoms with Crippen LogP contribution in [-0.2, 0) is 6.54 Å². The number of benzene rings is 1. The minimum atomic E-state index is -0.312. The molecule has 18 heavy (non-hydrogen) atoms. The van der Waals surface area contributed by atoms with Gasteiger partial charge >= 0.3 is 0 Å². The molecule has 0 aliphatic rings. The molecule has 3 aromatic rings. The van der Waals surface area contributed by atoms with Gasteiger partial charge in [-0.15, -0.1) is 0 Å². The van der Waals surface area contributed by atoms with Crippen LogP contribution in [0, 0.1) is 0 Å². The summed E-state index contributed by atoms with van der Waals surface area (Å²) < 4.78 is 4.75. The van der Waals surface area contributed by atoms with Crippen molar-refractivity contribution in [3.8, 4) is 0 Å². The fourth-order valence-corrected chi connectivity index (χ4v) is 1.67. The topological polar surface area (TPSA) is 83.8 Å². The predicted octanol–water partition coefficient (Wildman–Crippen LogP) is 1.48. The largest absolute Gasteiger partial charge is 0.351 e. The highest BCUT2D eigenvalue weighted by Crippen LogP contribution is 2.10. The van der Waals surface area contributed by atoms with Gasteiger partial charge in [-0.1, -0.05) is 17.3 Å². The van der Waals surface area contributed by atoms with Crippen molar-refractivity contribution < 1.29 is 9.32 Å². The zero-order valence-electron chi connectivity index (χ0n) is 9.38. The normalized spacial score (nSPS) is 10.7. The molecule has 3 rings (SSSR count). The number of imidazole rings is 1. The van der Waals surface area contributed by atoms with Crippen LogP contribution in [0.3, 0.4) is 0 Å². The zero-order valence-corrected chi connectivity index (χ0v) is 9.38. The number of hydrogen-bond acceptors (Lipinski definition) is 4. The molecule has 0 radical (unpaired) electrons. The molecule has 1 aromatic carbocycles. The Balaban J connectivity index is 1.71. The molecule has 2 aromatic heterocycles. The minimum Gasteiger partial charge on any atom is -0.351 e. The Kier molecular flexibility index (Phi) is 2.53. The van der Waals surface area contributed by atoms with Crippen molar-refractivity contribution in [3.63, 3.8) is 0 Å². The third kappa shape index (κ3) is 1.95. The van der Waals surface area contributed by atoms with Gasteiger partial charge in [0.2, 0.25) is 5.76 Å². The van der Waals surface area contributed by atoms with Crippen LogP contribution in [0.25, 0.3) is 11.0 Å². The number of nitrogens with one attached hydrogen (secondary N) is 2. The Morgan fingerprint density at radius 2 is 2.22 bits per heavy atom. The van der Waals surface area contributed by atoms with E-state index in [-0.39, 0.29) is 11.7 Å². The Labute approximate surface area is 102 Å². The summed E-state index contributed by atoms with van der Waals surface area (Å²) in [6, 6.07) is 9.20. The van der Waals surface area contributed by atoms with Crippen LogP contribution in [0.1, 0.15) is 16.4 Å². The SMILES string of the molecule is O=C(NCc1nc2ccccc2[nH]1)c1ccno1. The van der Waals surface area contributed by atoms with Gasteiger partial charge in [-0.3, -0.25) is 4.79 Å². The van der Waals surface area contributed by atoms with Crippen LogP contribution in [0.2, 0.25) is 0 Å². The number of carbonyl (C=O) groups excluding carboxylic acids is 1. The van der Waals surface area contributed by atoms with Gasteiger partial charge in [0, 0.05) is 6.07 Å². The zero-order chi connectivity index (χ0) is 12.4. The van der Waals surface area contributed by atoms with Gasteiger partial charge in [0.15, 0.2) is 0 Å². The van der Waals surface area contributed by atoms with E-state index < -0.39 is 0 Å². The summed E-state index contributed by atoms with van der Waals surface area (Å²) in [6.07, 6.45) is 1.43. The van der Waals surface area contributed by atoms with E-state index >= 15 is 0 Å². The molecule has 0 fully saturated rings. The number of rotatable bonds is 3. The van der Waals surface area contributed by atoms with Crippen LogP contribution in [0.4, 0.5) is 0 Å². The van der Waals surface area contributed by atoms with E-state index in [4.69, 9.17) is 4.52 Å². The van der Waals surface area contributed by atoms with Crippen molar-refractivity contribution >= 4 is 16.9 Å². The molecule has 90 valence electrons. The van der Waals surface area contributed by atoms with E-state index in [0.717, 1.165) is 11.0 Å². The molecule has 0 saturated carbocycles. The summed E-state index contributed by atoms with van der Waals surface area (Å²) in [5.41, 5.74) is 1.82. The van der Waals surface area contributed by atoms with Gasteiger partial charge in [-0.2, -0.15) is 0 Å². The van der Waals surface area contributed by atoms with E-state index in [1.54, 1.807) is 0 Å². The van der Waals surface area contributed by atoms with Crippen molar-refractivity contribution in [1.29, 1.82) is 0 Å². The summed E-state index contributed by atoms with van der Waals surface area (Å²) in [5, 5.41) is 6.17. The van der Waals surface area contributed by atoms with E-state index in [1.165, 1.54) is 12.3 Å². The first kappa shape index (κ1) is 10.5. The fourth-order valence-electron chi connectivity index (χ4n) is 1.67. The molecule has 0 spiro atoms. The summed E-state index contributed by atoms with van der Waals surface area (Å²) >= 11 is 0. The Hall–Kier alpha value is -2.63. The first-order valence-corrected chi connectivity index (χ1v) is 5.45. The highest BCUT2D eigenvalue weighted by molar-refractivity contribution is 5.91. The van der Waals surface area contributed by atoms with Crippen LogP contribution in [-0.4, -0.2) is 21.0 Å². The Morgan fingerprint density at radius 1 is 1.33 bits per heavy atom. The number of amides is 1. The molecule has 0 aliphatic carbocycles. The molecule has 0 bridgehead atoms. The maximum Gasteiger partial charge on any atom is 0.290 e. The maximum absolute atomic E-state index is 11.6. The smallest absolute Gasteiger partial charge is 0.290 e. The quantitative estimate of drug-likeness (QED) is 0.728. The second-order valence-electron chi connectivity index (χ2n) is 3.76. The van der Waals surface area contributed by atoms with Crippen molar-refractivity contribution in [2.24, 2.45) is 0 Å². The number of aromatic amines is 1. The van der Waals surface area contributed by atoms with Gasteiger partial charge in [0.25, 0.3) is 5.91 Å². The molecule has 6 heteroatoms. The van der Waals surface area contributed by atoms with Crippen molar-refractivity contribution in [1.82, 2.24) is 20.4 Å². The van der Waals surface area contributed by atoms with Crippen LogP contribution in [0.5, 0.6) is 0 Å². The van der Waals surface area contributed by atoms with Crippen molar-refractivity contribution in [2.45, 2.75) is 6.54 Å². The highest BCUT2D eigenvalue weighted by atomic mass is 16.5. The van der Waals surface area contributed by atoms with Gasteiger partial charge in [-0.05, 0) is 12.1 Å². The van der Waals surface area contributed by atoms with Gasteiger partial charge in [0.1, 0.15) is 5.82 Å². The molecule has 2 N–H and O–H groups in total. The number of nitrogens with zero attached hydrogens (tertiary/aromatic N) is 2. The number of para-hydroxylation sites is 2. The first-order valence-electron chi connectivity index (χ1n) is 5.45. The summed E-state index contributed by atoms with van der Waals surface area (Å²) in [4.78, 5) is 19.1. The first-order chi connectivity index (χ1) is 8.83. The molecule has 0 atom stereocenters. The Bertz CT molecular complexity index is 639. The van der Waals surface area contributed by atoms with Gasteiger partial charge in [-0.25, -0.2) is 4.98 Å². The van der Waals surface area contributed by atoms with Gasteiger partial charge < -0.3 is 14.8 Å². The van der Waals surface area contributed by atoms with Crippen molar-refractivity contribution in [2.75, 3.05) is 0 Å². The minimum absolute atomic E-state index is 0.186. The monoisotopic (exact) mass is 242 g/mol. The van der Waals surface area contributed by atoms with Crippen LogP contribution >= 0.6 is 0 Å². The average molecular weight is 242 g/mol. The van der Waals surface area contributed by atoms with E-state index in [0.29, 0.717) is 12.4 Å². The van der Waals surface area contributed by atoms with Crippen LogP contribution < -0.4 is 5.32 Å². The predicted molar refractivity (Wildman–Crippen MR) is 63.8 cm³/mol. The fraction of sp³-hybridized carbons (Fsp3) is 0.0833. The molecule has 2 heterocycles. The third-order valence-electron chi connectivity index (χ3n) is 2.52.